The molecule has 0 bridgehead atoms. The van der Waals surface area contributed by atoms with Crippen molar-refractivity contribution in [2.75, 3.05) is 0 Å². The van der Waals surface area contributed by atoms with E-state index in [1.54, 1.807) is 4.57 Å². The van der Waals surface area contributed by atoms with Crippen LogP contribution in [-0.2, 0) is 18.5 Å². The molecule has 0 aliphatic carbocycles. The second kappa shape index (κ2) is 8.30. The van der Waals surface area contributed by atoms with Crippen LogP contribution >= 0.6 is 23.1 Å². The van der Waals surface area contributed by atoms with Gasteiger partial charge in [0.25, 0.3) is 0 Å². The Morgan fingerprint density at radius 2 is 2.00 bits per heavy atom. The van der Waals surface area contributed by atoms with E-state index < -0.39 is 11.7 Å². The number of nitrogens with one attached hydrogen (secondary N) is 1. The summed E-state index contributed by atoms with van der Waals surface area (Å²) in [6.45, 7) is 2.66. The summed E-state index contributed by atoms with van der Waals surface area (Å²) in [4.78, 5) is 16.3. The molecule has 0 saturated carbocycles. The fraction of sp³-hybridized carbons (Fsp3) is 0.353. The van der Waals surface area contributed by atoms with Gasteiger partial charge in [-0.3, -0.25) is 4.57 Å². The van der Waals surface area contributed by atoms with Gasteiger partial charge in [-0.15, -0.1) is 16.4 Å². The number of hydrogen-bond donors (Lipinski definition) is 1. The number of nitrogens with zero attached hydrogens (tertiary/aromatic N) is 3. The summed E-state index contributed by atoms with van der Waals surface area (Å²) in [6, 6.07) is 4.96. The van der Waals surface area contributed by atoms with Gasteiger partial charge in [0, 0.05) is 23.2 Å². The third-order valence-electron chi connectivity index (χ3n) is 3.82. The average molecular weight is 414 g/mol. The maximum atomic E-state index is 12.7. The van der Waals surface area contributed by atoms with Gasteiger partial charge >= 0.3 is 11.9 Å². The first-order valence-electron chi connectivity index (χ1n) is 8.28. The molecule has 0 radical (unpaired) electrons. The van der Waals surface area contributed by atoms with Crippen molar-refractivity contribution in [3.05, 3.63) is 51.4 Å². The van der Waals surface area contributed by atoms with Crippen LogP contribution in [0.3, 0.4) is 0 Å². The van der Waals surface area contributed by atoms with E-state index >= 15 is 0 Å². The van der Waals surface area contributed by atoms with Gasteiger partial charge in [0.1, 0.15) is 5.01 Å². The molecule has 0 fully saturated rings. The minimum Gasteiger partial charge on any atom is -0.270 e. The lowest BCUT2D eigenvalue weighted by Gasteiger charge is -2.06. The lowest BCUT2D eigenvalue weighted by molar-refractivity contribution is -0.137. The number of thiazole rings is 1. The third kappa shape index (κ3) is 4.81. The van der Waals surface area contributed by atoms with Gasteiger partial charge in [-0.05, 0) is 18.6 Å². The summed E-state index contributed by atoms with van der Waals surface area (Å²) in [5.74, 6) is 0.521. The van der Waals surface area contributed by atoms with Crippen molar-refractivity contribution < 1.29 is 13.2 Å². The minimum atomic E-state index is -4.35. The molecule has 2 heterocycles. The van der Waals surface area contributed by atoms with Crippen molar-refractivity contribution in [3.63, 3.8) is 0 Å². The summed E-state index contributed by atoms with van der Waals surface area (Å²) >= 11 is 2.77. The second-order valence-corrected chi connectivity index (χ2v) is 7.62. The molecule has 0 saturated heterocycles. The van der Waals surface area contributed by atoms with E-state index in [9.17, 15) is 18.0 Å². The second-order valence-electron chi connectivity index (χ2n) is 5.82. The first kappa shape index (κ1) is 19.7. The lowest BCUT2D eigenvalue weighted by Crippen LogP contribution is -2.17. The van der Waals surface area contributed by atoms with Crippen LogP contribution in [0, 0.1) is 0 Å². The van der Waals surface area contributed by atoms with E-state index in [1.807, 2.05) is 5.38 Å². The Morgan fingerprint density at radius 1 is 1.26 bits per heavy atom. The van der Waals surface area contributed by atoms with E-state index in [4.69, 9.17) is 0 Å². The molecule has 5 nitrogen and oxygen atoms in total. The highest BCUT2D eigenvalue weighted by Gasteiger charge is 2.30. The molecule has 0 aliphatic rings. The van der Waals surface area contributed by atoms with E-state index in [1.165, 1.54) is 35.2 Å². The molecule has 0 unspecified atom stereocenters. The smallest absolute Gasteiger partial charge is 0.270 e. The first-order valence-corrected chi connectivity index (χ1v) is 10.1. The fourth-order valence-electron chi connectivity index (χ4n) is 2.37. The number of thioether (sulfide) groups is 1. The molecule has 144 valence electrons. The molecule has 3 rings (SSSR count). The highest BCUT2D eigenvalue weighted by atomic mass is 32.2. The van der Waals surface area contributed by atoms with Crippen LogP contribution in [0.25, 0.3) is 10.6 Å². The van der Waals surface area contributed by atoms with Crippen LogP contribution in [0.1, 0.15) is 31.0 Å². The van der Waals surface area contributed by atoms with Crippen LogP contribution in [0.5, 0.6) is 0 Å². The van der Waals surface area contributed by atoms with Crippen LogP contribution in [0.15, 0.2) is 39.6 Å². The highest BCUT2D eigenvalue weighted by Crippen LogP contribution is 2.32. The maximum Gasteiger partial charge on any atom is 0.416 e. The van der Waals surface area contributed by atoms with E-state index in [0.29, 0.717) is 28.0 Å². The Balaban J connectivity index is 1.68. The molecular formula is C17H17F3N4OS2. The van der Waals surface area contributed by atoms with Gasteiger partial charge < -0.3 is 0 Å². The summed E-state index contributed by atoms with van der Waals surface area (Å²) in [5, 5.41) is 9.62. The Kier molecular flexibility index (Phi) is 6.05. The molecule has 1 aromatic carbocycles. The quantitative estimate of drug-likeness (QED) is 0.564. The van der Waals surface area contributed by atoms with E-state index in [2.05, 4.69) is 22.1 Å². The summed E-state index contributed by atoms with van der Waals surface area (Å²) in [6.07, 6.45) is -2.48. The van der Waals surface area contributed by atoms with Crippen molar-refractivity contribution in [2.45, 2.75) is 43.4 Å². The molecular weight excluding hydrogens is 397 g/mol. The molecule has 2 aromatic heterocycles. The maximum absolute atomic E-state index is 12.7. The van der Waals surface area contributed by atoms with Crippen molar-refractivity contribution >= 4 is 23.1 Å². The number of H-pyrrole nitrogens is 1. The highest BCUT2D eigenvalue weighted by molar-refractivity contribution is 7.98. The van der Waals surface area contributed by atoms with Crippen molar-refractivity contribution in [1.82, 2.24) is 19.7 Å². The predicted molar refractivity (Wildman–Crippen MR) is 99.9 cm³/mol. The summed E-state index contributed by atoms with van der Waals surface area (Å²) in [5.41, 5.74) is 0.526. The zero-order chi connectivity index (χ0) is 19.4. The number of rotatable bonds is 7. The van der Waals surface area contributed by atoms with E-state index in [0.717, 1.165) is 30.7 Å². The first-order chi connectivity index (χ1) is 12.9. The van der Waals surface area contributed by atoms with Crippen LogP contribution < -0.4 is 5.69 Å². The predicted octanol–water partition coefficient (Wildman–Crippen LogP) is 4.81. The van der Waals surface area contributed by atoms with Gasteiger partial charge in [0.2, 0.25) is 0 Å². The number of hydrogen-bond acceptors (Lipinski definition) is 5. The van der Waals surface area contributed by atoms with Gasteiger partial charge in [0.05, 0.1) is 11.3 Å². The number of benzene rings is 1. The topological polar surface area (TPSA) is 63.6 Å². The molecule has 27 heavy (non-hydrogen) atoms. The zero-order valence-corrected chi connectivity index (χ0v) is 16.0. The molecule has 3 aromatic rings. The number of aromatic amines is 1. The largest absolute Gasteiger partial charge is 0.416 e. The number of alkyl halides is 3. The number of unbranched alkanes of at least 4 members (excludes halogenated alkanes) is 1. The Bertz CT molecular complexity index is 944. The van der Waals surface area contributed by atoms with Gasteiger partial charge in [-0.25, -0.2) is 14.9 Å². The minimum absolute atomic E-state index is 0.227. The molecule has 0 spiro atoms. The van der Waals surface area contributed by atoms with Crippen molar-refractivity contribution in [1.29, 1.82) is 0 Å². The van der Waals surface area contributed by atoms with Crippen LogP contribution in [0.4, 0.5) is 13.2 Å². The number of aromatic nitrogens is 4. The average Bonchev–Trinajstić information content (AvgIpc) is 3.24. The Labute approximate surface area is 161 Å². The molecule has 0 amide bonds. The zero-order valence-electron chi connectivity index (χ0n) is 14.4. The molecule has 0 aliphatic heterocycles. The normalized spacial score (nSPS) is 11.9. The molecule has 10 heteroatoms. The lowest BCUT2D eigenvalue weighted by atomic mass is 10.1. The van der Waals surface area contributed by atoms with Gasteiger partial charge in [-0.1, -0.05) is 37.2 Å². The van der Waals surface area contributed by atoms with Gasteiger partial charge in [-0.2, -0.15) is 13.2 Å². The third-order valence-corrected chi connectivity index (χ3v) is 5.77. The van der Waals surface area contributed by atoms with Crippen LogP contribution in [0.2, 0.25) is 0 Å². The summed E-state index contributed by atoms with van der Waals surface area (Å²) in [7, 11) is 0. The molecule has 0 atom stereocenters. The van der Waals surface area contributed by atoms with E-state index in [-0.39, 0.29) is 5.69 Å². The van der Waals surface area contributed by atoms with Crippen LogP contribution in [-0.4, -0.2) is 19.7 Å². The Hall–Kier alpha value is -2.07. The van der Waals surface area contributed by atoms with Crippen molar-refractivity contribution in [3.8, 4) is 10.6 Å². The fourth-order valence-corrected chi connectivity index (χ4v) is 4.17. The molecule has 1 N–H and O–H groups in total. The van der Waals surface area contributed by atoms with Gasteiger partial charge in [0.15, 0.2) is 5.16 Å². The Morgan fingerprint density at radius 3 is 2.67 bits per heavy atom. The monoisotopic (exact) mass is 414 g/mol. The summed E-state index contributed by atoms with van der Waals surface area (Å²) < 4.78 is 39.6. The van der Waals surface area contributed by atoms with Crippen molar-refractivity contribution in [2.24, 2.45) is 0 Å². The SMILES string of the molecule is CCCCn1c(SCc2csc(-c3ccc(C(F)(F)F)cc3)n2)n[nH]c1=O. The standard InChI is InChI=1S/C17H17F3N4OS2/c1-2-3-8-24-15(25)22-23-16(24)27-10-13-9-26-14(21-13)11-4-6-12(7-5-11)17(18,19)20/h4-7,9H,2-3,8,10H2,1H3,(H,22,25). The number of halogens is 3.